The molecule has 1 nitrogen and oxygen atoms in total. The molecule has 0 amide bonds. The molecule has 0 aromatic heterocycles. The standard InChI is InChI=1S/C18H26O/c1-4-14-10-12-15(13-11-14)17(19)18(2,3)16-8-6-5-7-9-16/h5-9,14-15H,4,10-13H2,1-3H3. The average Bonchev–Trinajstić information content (AvgIpc) is 2.47. The van der Waals surface area contributed by atoms with Gasteiger partial charge in [-0.25, -0.2) is 0 Å². The Morgan fingerprint density at radius 1 is 1.11 bits per heavy atom. The fourth-order valence-electron chi connectivity index (χ4n) is 3.34. The number of carbonyl (C=O) groups excluding carboxylic acids is 1. The van der Waals surface area contributed by atoms with E-state index in [1.165, 1.54) is 19.3 Å². The van der Waals surface area contributed by atoms with Crippen molar-refractivity contribution in [2.24, 2.45) is 11.8 Å². The van der Waals surface area contributed by atoms with Gasteiger partial charge in [0.15, 0.2) is 0 Å². The number of Topliss-reactive ketones (excluding diaryl/α,β-unsaturated/α-hetero) is 1. The highest BCUT2D eigenvalue weighted by molar-refractivity contribution is 5.91. The van der Waals surface area contributed by atoms with Gasteiger partial charge in [-0.05, 0) is 51.0 Å². The van der Waals surface area contributed by atoms with Crippen LogP contribution in [0.3, 0.4) is 0 Å². The number of hydrogen-bond acceptors (Lipinski definition) is 1. The maximum absolute atomic E-state index is 12.8. The Hall–Kier alpha value is -1.11. The summed E-state index contributed by atoms with van der Waals surface area (Å²) >= 11 is 0. The molecule has 1 aliphatic carbocycles. The van der Waals surface area contributed by atoms with Crippen LogP contribution in [-0.2, 0) is 10.2 Å². The van der Waals surface area contributed by atoms with Gasteiger partial charge in [0.2, 0.25) is 0 Å². The second-order valence-electron chi connectivity index (χ2n) is 6.48. The fraction of sp³-hybridized carbons (Fsp3) is 0.611. The SMILES string of the molecule is CCC1CCC(C(=O)C(C)(C)c2ccccc2)CC1. The summed E-state index contributed by atoms with van der Waals surface area (Å²) in [7, 11) is 0. The second-order valence-corrected chi connectivity index (χ2v) is 6.48. The Kier molecular flexibility index (Phi) is 4.44. The highest BCUT2D eigenvalue weighted by Gasteiger charge is 2.36. The van der Waals surface area contributed by atoms with E-state index < -0.39 is 0 Å². The van der Waals surface area contributed by atoms with Crippen LogP contribution in [0.1, 0.15) is 58.4 Å². The van der Waals surface area contributed by atoms with Gasteiger partial charge in [0.05, 0.1) is 0 Å². The normalized spacial score (nSPS) is 24.2. The first-order valence-electron chi connectivity index (χ1n) is 7.65. The van der Waals surface area contributed by atoms with E-state index in [1.807, 2.05) is 18.2 Å². The van der Waals surface area contributed by atoms with Crippen LogP contribution in [0.5, 0.6) is 0 Å². The van der Waals surface area contributed by atoms with Gasteiger partial charge >= 0.3 is 0 Å². The number of benzene rings is 1. The molecule has 104 valence electrons. The summed E-state index contributed by atoms with van der Waals surface area (Å²) in [6, 6.07) is 10.2. The minimum Gasteiger partial charge on any atom is -0.298 e. The molecule has 0 radical (unpaired) electrons. The first-order valence-corrected chi connectivity index (χ1v) is 7.65. The lowest BCUT2D eigenvalue weighted by Gasteiger charge is -2.33. The van der Waals surface area contributed by atoms with Crippen molar-refractivity contribution in [1.29, 1.82) is 0 Å². The summed E-state index contributed by atoms with van der Waals surface area (Å²) in [6.07, 6.45) is 5.92. The minimum absolute atomic E-state index is 0.276. The van der Waals surface area contributed by atoms with Crippen molar-refractivity contribution in [2.75, 3.05) is 0 Å². The summed E-state index contributed by atoms with van der Waals surface area (Å²) in [4.78, 5) is 12.8. The maximum atomic E-state index is 12.8. The molecule has 0 saturated heterocycles. The minimum atomic E-state index is -0.342. The van der Waals surface area contributed by atoms with Gasteiger partial charge in [0.1, 0.15) is 5.78 Å². The lowest BCUT2D eigenvalue weighted by molar-refractivity contribution is -0.128. The molecule has 1 saturated carbocycles. The lowest BCUT2D eigenvalue weighted by Crippen LogP contribution is -2.36. The number of ketones is 1. The summed E-state index contributed by atoms with van der Waals surface area (Å²) in [6.45, 7) is 6.42. The molecule has 1 aromatic carbocycles. The predicted molar refractivity (Wildman–Crippen MR) is 80.2 cm³/mol. The fourth-order valence-corrected chi connectivity index (χ4v) is 3.34. The molecular weight excluding hydrogens is 232 g/mol. The van der Waals surface area contributed by atoms with E-state index in [-0.39, 0.29) is 11.3 Å². The largest absolute Gasteiger partial charge is 0.298 e. The zero-order valence-electron chi connectivity index (χ0n) is 12.5. The van der Waals surface area contributed by atoms with Crippen LogP contribution in [0, 0.1) is 11.8 Å². The van der Waals surface area contributed by atoms with E-state index in [9.17, 15) is 4.79 Å². The smallest absolute Gasteiger partial charge is 0.145 e. The van der Waals surface area contributed by atoms with Crippen LogP contribution in [0.15, 0.2) is 30.3 Å². The molecule has 0 spiro atoms. The van der Waals surface area contributed by atoms with Crippen molar-refractivity contribution in [3.63, 3.8) is 0 Å². The molecular formula is C18H26O. The van der Waals surface area contributed by atoms with Crippen molar-refractivity contribution in [3.8, 4) is 0 Å². The van der Waals surface area contributed by atoms with E-state index in [4.69, 9.17) is 0 Å². The monoisotopic (exact) mass is 258 g/mol. The molecule has 2 rings (SSSR count). The molecule has 19 heavy (non-hydrogen) atoms. The topological polar surface area (TPSA) is 17.1 Å². The Bertz CT molecular complexity index is 411. The number of carbonyl (C=O) groups is 1. The van der Waals surface area contributed by atoms with Crippen molar-refractivity contribution in [3.05, 3.63) is 35.9 Å². The first kappa shape index (κ1) is 14.3. The highest BCUT2D eigenvalue weighted by atomic mass is 16.1. The molecule has 0 heterocycles. The van der Waals surface area contributed by atoms with Gasteiger partial charge in [0, 0.05) is 11.3 Å². The molecule has 0 N–H and O–H groups in total. The van der Waals surface area contributed by atoms with Crippen molar-refractivity contribution in [2.45, 2.75) is 58.3 Å². The van der Waals surface area contributed by atoms with E-state index in [0.717, 1.165) is 24.3 Å². The summed E-state index contributed by atoms with van der Waals surface area (Å²) in [5.41, 5.74) is 0.808. The molecule has 1 aliphatic rings. The van der Waals surface area contributed by atoms with Crippen LogP contribution in [0.4, 0.5) is 0 Å². The van der Waals surface area contributed by atoms with Gasteiger partial charge in [-0.15, -0.1) is 0 Å². The van der Waals surface area contributed by atoms with Gasteiger partial charge in [0.25, 0.3) is 0 Å². The van der Waals surface area contributed by atoms with Crippen LogP contribution in [0.2, 0.25) is 0 Å². The summed E-state index contributed by atoms with van der Waals surface area (Å²) in [5, 5.41) is 0. The zero-order valence-corrected chi connectivity index (χ0v) is 12.5. The number of hydrogen-bond donors (Lipinski definition) is 0. The Labute approximate surface area is 117 Å². The molecule has 1 heteroatoms. The quantitative estimate of drug-likeness (QED) is 0.761. The van der Waals surface area contributed by atoms with Crippen LogP contribution in [0.25, 0.3) is 0 Å². The van der Waals surface area contributed by atoms with Crippen LogP contribution < -0.4 is 0 Å². The van der Waals surface area contributed by atoms with Crippen molar-refractivity contribution >= 4 is 5.78 Å². The maximum Gasteiger partial charge on any atom is 0.145 e. The van der Waals surface area contributed by atoms with Gasteiger partial charge in [-0.3, -0.25) is 4.79 Å². The third kappa shape index (κ3) is 3.08. The van der Waals surface area contributed by atoms with Crippen molar-refractivity contribution < 1.29 is 4.79 Å². The zero-order chi connectivity index (χ0) is 13.9. The number of rotatable bonds is 4. The van der Waals surface area contributed by atoms with Crippen LogP contribution in [-0.4, -0.2) is 5.78 Å². The third-order valence-corrected chi connectivity index (χ3v) is 4.91. The van der Waals surface area contributed by atoms with E-state index in [1.54, 1.807) is 0 Å². The Balaban J connectivity index is 2.07. The van der Waals surface area contributed by atoms with Gasteiger partial charge in [-0.2, -0.15) is 0 Å². The first-order chi connectivity index (χ1) is 9.05. The van der Waals surface area contributed by atoms with Gasteiger partial charge < -0.3 is 0 Å². The average molecular weight is 258 g/mol. The molecule has 1 aromatic rings. The third-order valence-electron chi connectivity index (χ3n) is 4.91. The van der Waals surface area contributed by atoms with E-state index in [0.29, 0.717) is 5.78 Å². The predicted octanol–water partition coefficient (Wildman–Crippen LogP) is 4.75. The Morgan fingerprint density at radius 3 is 2.21 bits per heavy atom. The molecule has 0 unspecified atom stereocenters. The summed E-state index contributed by atoms with van der Waals surface area (Å²) in [5.74, 6) is 1.56. The lowest BCUT2D eigenvalue weighted by atomic mass is 9.70. The van der Waals surface area contributed by atoms with Crippen molar-refractivity contribution in [1.82, 2.24) is 0 Å². The van der Waals surface area contributed by atoms with Crippen LogP contribution >= 0.6 is 0 Å². The van der Waals surface area contributed by atoms with E-state index >= 15 is 0 Å². The molecule has 0 aliphatic heterocycles. The van der Waals surface area contributed by atoms with Gasteiger partial charge in [-0.1, -0.05) is 43.7 Å². The Morgan fingerprint density at radius 2 is 1.68 bits per heavy atom. The molecule has 0 atom stereocenters. The molecule has 1 fully saturated rings. The molecule has 0 bridgehead atoms. The summed E-state index contributed by atoms with van der Waals surface area (Å²) < 4.78 is 0. The second kappa shape index (κ2) is 5.90. The van der Waals surface area contributed by atoms with E-state index in [2.05, 4.69) is 32.9 Å². The highest BCUT2D eigenvalue weighted by Crippen LogP contribution is 2.36.